The summed E-state index contributed by atoms with van der Waals surface area (Å²) in [5, 5.41) is 0. The van der Waals surface area contributed by atoms with E-state index in [2.05, 4.69) is 25.7 Å². The van der Waals surface area contributed by atoms with Crippen LogP contribution in [0.5, 0.6) is 0 Å². The Kier molecular flexibility index (Phi) is 33.3. The summed E-state index contributed by atoms with van der Waals surface area (Å²) in [6, 6.07) is 0. The maximum absolute atomic E-state index is 12.5. The van der Waals surface area contributed by atoms with E-state index in [0.717, 1.165) is 24.2 Å². The van der Waals surface area contributed by atoms with Crippen LogP contribution in [0.1, 0.15) is 87.0 Å². The smallest absolute Gasteiger partial charge is 0.358 e. The number of allylic oxidation sites excluding steroid dienone is 5. The van der Waals surface area contributed by atoms with E-state index >= 15 is 0 Å². The number of rotatable bonds is 10. The Morgan fingerprint density at radius 3 is 2.06 bits per heavy atom. The van der Waals surface area contributed by atoms with E-state index in [1.165, 1.54) is 19.8 Å². The van der Waals surface area contributed by atoms with Gasteiger partial charge in [0.2, 0.25) is 17.7 Å². The van der Waals surface area contributed by atoms with E-state index in [-0.39, 0.29) is 66.0 Å². The van der Waals surface area contributed by atoms with Crippen molar-refractivity contribution in [2.75, 3.05) is 0 Å². The molecule has 186 valence electrons. The molecule has 5 heteroatoms. The molecule has 0 aromatic rings. The molecule has 1 saturated heterocycles. The average molecular weight is 620 g/mol. The number of hydrogen-bond acceptors (Lipinski definition) is 3. The van der Waals surface area contributed by atoms with Gasteiger partial charge in [-0.25, -0.2) is 4.90 Å². The van der Waals surface area contributed by atoms with Crippen LogP contribution in [0.15, 0.2) is 37.0 Å². The number of carbonyl (C=O) groups is 3. The molecular formula is C27H49NO3W. The molecule has 3 amide bonds. The summed E-state index contributed by atoms with van der Waals surface area (Å²) in [4.78, 5) is 36.9. The number of likely N-dealkylation sites (tertiary alicyclic amines) is 1. The first kappa shape index (κ1) is 41.0. The van der Waals surface area contributed by atoms with Gasteiger partial charge in [-0.15, -0.1) is 6.58 Å². The number of hydrogen-bond donors (Lipinski definition) is 0. The van der Waals surface area contributed by atoms with Gasteiger partial charge in [-0.2, -0.15) is 0 Å². The predicted octanol–water partition coefficient (Wildman–Crippen LogP) is 7.38. The van der Waals surface area contributed by atoms with Crippen LogP contribution in [0, 0.1) is 32.6 Å². The first-order chi connectivity index (χ1) is 13.9. The SMILES string of the molecule is C=CC(C)/C=C/C(CC/C=C/CCCC)C1CC(=O)N(C(C)=O)C1=O.CC.CC.[CH3-].[CH3-].[W+2]. The third kappa shape index (κ3) is 15.5. The van der Waals surface area contributed by atoms with Gasteiger partial charge in [0.25, 0.3) is 0 Å². The molecule has 3 unspecified atom stereocenters. The van der Waals surface area contributed by atoms with Crippen molar-refractivity contribution >= 4 is 17.7 Å². The van der Waals surface area contributed by atoms with E-state index in [1.807, 2.05) is 52.8 Å². The molecule has 1 aliphatic rings. The molecular weight excluding hydrogens is 570 g/mol. The molecule has 0 aromatic heterocycles. The van der Waals surface area contributed by atoms with E-state index in [1.54, 1.807) is 0 Å². The van der Waals surface area contributed by atoms with Gasteiger partial charge >= 0.3 is 21.1 Å². The molecule has 0 aromatic carbocycles. The largest absolute Gasteiger partial charge is 2.00 e. The molecule has 32 heavy (non-hydrogen) atoms. The minimum absolute atomic E-state index is 0. The molecule has 0 spiro atoms. The summed E-state index contributed by atoms with van der Waals surface area (Å²) in [5.74, 6) is -1.49. The fraction of sp³-hybridized carbons (Fsp3) is 0.593. The van der Waals surface area contributed by atoms with Gasteiger partial charge in [-0.05, 0) is 31.1 Å². The molecule has 1 fully saturated rings. The minimum atomic E-state index is -0.487. The number of carbonyl (C=O) groups excluding carboxylic acids is 3. The Balaban J connectivity index is -0.000000327. The minimum Gasteiger partial charge on any atom is -0.358 e. The third-order valence-electron chi connectivity index (χ3n) is 4.60. The molecule has 0 radical (unpaired) electrons. The van der Waals surface area contributed by atoms with Crippen LogP contribution < -0.4 is 0 Å². The number of imide groups is 3. The van der Waals surface area contributed by atoms with Crippen LogP contribution in [-0.4, -0.2) is 22.6 Å². The van der Waals surface area contributed by atoms with Gasteiger partial charge in [0.05, 0.1) is 5.92 Å². The van der Waals surface area contributed by atoms with Crippen molar-refractivity contribution in [3.8, 4) is 0 Å². The normalized spacial score (nSPS) is 16.5. The van der Waals surface area contributed by atoms with Crippen molar-refractivity contribution in [2.24, 2.45) is 17.8 Å². The summed E-state index contributed by atoms with van der Waals surface area (Å²) < 4.78 is 0. The van der Waals surface area contributed by atoms with Gasteiger partial charge in [0.15, 0.2) is 0 Å². The summed E-state index contributed by atoms with van der Waals surface area (Å²) in [6.07, 6.45) is 15.4. The van der Waals surface area contributed by atoms with E-state index in [4.69, 9.17) is 0 Å². The maximum Gasteiger partial charge on any atom is 2.00 e. The van der Waals surface area contributed by atoms with Crippen LogP contribution in [0.3, 0.4) is 0 Å². The van der Waals surface area contributed by atoms with Crippen LogP contribution in [0.25, 0.3) is 0 Å². The maximum atomic E-state index is 12.5. The zero-order chi connectivity index (χ0) is 22.8. The van der Waals surface area contributed by atoms with Crippen molar-refractivity contribution in [3.05, 3.63) is 51.8 Å². The van der Waals surface area contributed by atoms with Gasteiger partial charge in [-0.1, -0.05) is 84.8 Å². The van der Waals surface area contributed by atoms with E-state index in [9.17, 15) is 14.4 Å². The molecule has 0 saturated carbocycles. The zero-order valence-corrected chi connectivity index (χ0v) is 25.1. The molecule has 4 nitrogen and oxygen atoms in total. The number of amides is 3. The summed E-state index contributed by atoms with van der Waals surface area (Å²) >= 11 is 0. The van der Waals surface area contributed by atoms with Crippen molar-refractivity contribution in [1.29, 1.82) is 0 Å². The predicted molar refractivity (Wildman–Crippen MR) is 136 cm³/mol. The third-order valence-corrected chi connectivity index (χ3v) is 4.60. The van der Waals surface area contributed by atoms with Crippen molar-refractivity contribution < 1.29 is 35.4 Å². The second-order valence-electron chi connectivity index (χ2n) is 6.73. The Morgan fingerprint density at radius 2 is 1.62 bits per heavy atom. The van der Waals surface area contributed by atoms with Gasteiger partial charge in [0.1, 0.15) is 0 Å². The first-order valence-corrected chi connectivity index (χ1v) is 11.3. The molecule has 1 rings (SSSR count). The van der Waals surface area contributed by atoms with Crippen LogP contribution in [0.2, 0.25) is 0 Å². The topological polar surface area (TPSA) is 54.5 Å². The monoisotopic (exact) mass is 619 g/mol. The van der Waals surface area contributed by atoms with Gasteiger partial charge in [0, 0.05) is 13.3 Å². The molecule has 1 aliphatic heterocycles. The Hall–Kier alpha value is -1.28. The van der Waals surface area contributed by atoms with E-state index in [0.29, 0.717) is 0 Å². The van der Waals surface area contributed by atoms with Crippen molar-refractivity contribution in [2.45, 2.75) is 87.0 Å². The Morgan fingerprint density at radius 1 is 1.09 bits per heavy atom. The van der Waals surface area contributed by atoms with Crippen molar-refractivity contribution in [1.82, 2.24) is 4.90 Å². The van der Waals surface area contributed by atoms with Crippen LogP contribution in [-0.2, 0) is 35.4 Å². The van der Waals surface area contributed by atoms with E-state index < -0.39 is 11.8 Å². The molecule has 3 atom stereocenters. The molecule has 0 N–H and O–H groups in total. The second-order valence-corrected chi connectivity index (χ2v) is 6.73. The first-order valence-electron chi connectivity index (χ1n) is 11.3. The average Bonchev–Trinajstić information content (AvgIpc) is 3.03. The quantitative estimate of drug-likeness (QED) is 0.111. The zero-order valence-electron chi connectivity index (χ0n) is 22.1. The van der Waals surface area contributed by atoms with Crippen molar-refractivity contribution in [3.63, 3.8) is 0 Å². The molecule has 0 bridgehead atoms. The summed E-state index contributed by atoms with van der Waals surface area (Å²) in [6.45, 7) is 17.2. The molecule has 1 heterocycles. The molecule has 0 aliphatic carbocycles. The van der Waals surface area contributed by atoms with Crippen LogP contribution >= 0.6 is 0 Å². The van der Waals surface area contributed by atoms with Gasteiger partial charge < -0.3 is 14.9 Å². The Labute approximate surface area is 214 Å². The number of unbranched alkanes of at least 4 members (excludes halogenated alkanes) is 2. The fourth-order valence-electron chi connectivity index (χ4n) is 3.00. The summed E-state index contributed by atoms with van der Waals surface area (Å²) in [7, 11) is 0. The van der Waals surface area contributed by atoms with Gasteiger partial charge in [-0.3, -0.25) is 14.4 Å². The number of nitrogens with zero attached hydrogens (tertiary/aromatic N) is 1. The fourth-order valence-corrected chi connectivity index (χ4v) is 3.00. The summed E-state index contributed by atoms with van der Waals surface area (Å²) in [5.41, 5.74) is 0. The van der Waals surface area contributed by atoms with Crippen LogP contribution in [0.4, 0.5) is 0 Å². The second kappa shape index (κ2) is 26.0. The Bertz CT molecular complexity index is 555. The standard InChI is InChI=1S/C21H31NO3.2C2H6.2CH3.W/c1-5-7-8-9-10-11-12-18(14-13-16(3)6-2)19-15-20(24)22(17(4)23)21(19)25;2*1-2;;;/h6,9-10,13-14,16,18-19H,2,5,7-8,11-12,15H2,1,3-4H3;2*1-2H3;2*1H3;/q;;;2*-1;+2/b10-9+,14-13+;;;;;.